The van der Waals surface area contributed by atoms with Gasteiger partial charge in [0, 0.05) is 35.8 Å². The SMILES string of the molecule is O=C(c1ccc2cc[nH]c2c1)N1CCCC1Cn1nc(C2CC2)ccc1=O. The average molecular weight is 362 g/mol. The molecule has 27 heavy (non-hydrogen) atoms. The maximum Gasteiger partial charge on any atom is 0.266 e. The number of aromatic amines is 1. The van der Waals surface area contributed by atoms with Crippen LogP contribution in [0.1, 0.15) is 47.7 Å². The molecule has 1 aromatic carbocycles. The van der Waals surface area contributed by atoms with Gasteiger partial charge in [0.2, 0.25) is 0 Å². The van der Waals surface area contributed by atoms with Gasteiger partial charge >= 0.3 is 0 Å². The Kier molecular flexibility index (Phi) is 3.85. The highest BCUT2D eigenvalue weighted by atomic mass is 16.2. The van der Waals surface area contributed by atoms with E-state index in [0.717, 1.165) is 48.8 Å². The van der Waals surface area contributed by atoms with E-state index >= 15 is 0 Å². The fourth-order valence-corrected chi connectivity index (χ4v) is 4.03. The molecule has 2 fully saturated rings. The van der Waals surface area contributed by atoms with E-state index in [1.165, 1.54) is 0 Å². The molecule has 6 heteroatoms. The highest BCUT2D eigenvalue weighted by Crippen LogP contribution is 2.38. The van der Waals surface area contributed by atoms with E-state index in [9.17, 15) is 9.59 Å². The number of carbonyl (C=O) groups excluding carboxylic acids is 1. The number of likely N-dealkylation sites (tertiary alicyclic amines) is 1. The van der Waals surface area contributed by atoms with Crippen LogP contribution in [0.5, 0.6) is 0 Å². The van der Waals surface area contributed by atoms with Crippen molar-refractivity contribution in [1.82, 2.24) is 19.7 Å². The average Bonchev–Trinajstić information content (AvgIpc) is 3.24. The normalized spacial score (nSPS) is 19.7. The van der Waals surface area contributed by atoms with Crippen LogP contribution in [0.4, 0.5) is 0 Å². The summed E-state index contributed by atoms with van der Waals surface area (Å²) in [5.41, 5.74) is 2.56. The van der Waals surface area contributed by atoms with E-state index in [4.69, 9.17) is 0 Å². The second-order valence-electron chi connectivity index (χ2n) is 7.63. The number of carbonyl (C=O) groups is 1. The number of fused-ring (bicyclic) bond motifs is 1. The molecule has 1 unspecified atom stereocenters. The summed E-state index contributed by atoms with van der Waals surface area (Å²) in [5, 5.41) is 5.65. The molecule has 2 aliphatic rings. The molecule has 1 amide bonds. The van der Waals surface area contributed by atoms with E-state index < -0.39 is 0 Å². The van der Waals surface area contributed by atoms with E-state index in [-0.39, 0.29) is 17.5 Å². The van der Waals surface area contributed by atoms with Gasteiger partial charge in [-0.2, -0.15) is 5.10 Å². The van der Waals surface area contributed by atoms with Crippen LogP contribution in [0.25, 0.3) is 10.9 Å². The van der Waals surface area contributed by atoms with E-state index in [1.54, 1.807) is 10.7 Å². The lowest BCUT2D eigenvalue weighted by molar-refractivity contribution is 0.0720. The predicted molar refractivity (Wildman–Crippen MR) is 103 cm³/mol. The fourth-order valence-electron chi connectivity index (χ4n) is 4.03. The summed E-state index contributed by atoms with van der Waals surface area (Å²) in [7, 11) is 0. The molecule has 1 aliphatic heterocycles. The highest BCUT2D eigenvalue weighted by Gasteiger charge is 2.31. The van der Waals surface area contributed by atoms with Crippen molar-refractivity contribution in [3.63, 3.8) is 0 Å². The van der Waals surface area contributed by atoms with Gasteiger partial charge < -0.3 is 9.88 Å². The van der Waals surface area contributed by atoms with Crippen molar-refractivity contribution >= 4 is 16.8 Å². The van der Waals surface area contributed by atoms with E-state index in [0.29, 0.717) is 18.0 Å². The number of nitrogens with zero attached hydrogens (tertiary/aromatic N) is 3. The summed E-state index contributed by atoms with van der Waals surface area (Å²) < 4.78 is 1.55. The second-order valence-corrected chi connectivity index (χ2v) is 7.63. The second kappa shape index (κ2) is 6.37. The molecule has 1 saturated heterocycles. The Morgan fingerprint density at radius 1 is 1.15 bits per heavy atom. The molecule has 1 atom stereocenters. The number of H-pyrrole nitrogens is 1. The Bertz CT molecular complexity index is 1060. The molecule has 0 bridgehead atoms. The molecule has 0 radical (unpaired) electrons. The van der Waals surface area contributed by atoms with Crippen LogP contribution in [0.15, 0.2) is 47.4 Å². The summed E-state index contributed by atoms with van der Waals surface area (Å²) in [6.07, 6.45) is 6.04. The van der Waals surface area contributed by atoms with Gasteiger partial charge in [-0.25, -0.2) is 4.68 Å². The van der Waals surface area contributed by atoms with Gasteiger partial charge in [-0.15, -0.1) is 0 Å². The molecule has 138 valence electrons. The maximum atomic E-state index is 13.1. The van der Waals surface area contributed by atoms with Gasteiger partial charge in [0.1, 0.15) is 0 Å². The van der Waals surface area contributed by atoms with E-state index in [1.807, 2.05) is 41.4 Å². The molecule has 6 nitrogen and oxygen atoms in total. The van der Waals surface area contributed by atoms with Crippen molar-refractivity contribution < 1.29 is 4.79 Å². The van der Waals surface area contributed by atoms with Crippen molar-refractivity contribution in [2.75, 3.05) is 6.54 Å². The molecule has 3 heterocycles. The Morgan fingerprint density at radius 3 is 2.89 bits per heavy atom. The van der Waals surface area contributed by atoms with Crippen molar-refractivity contribution in [1.29, 1.82) is 0 Å². The molecule has 1 saturated carbocycles. The summed E-state index contributed by atoms with van der Waals surface area (Å²) in [6, 6.07) is 11.2. The zero-order chi connectivity index (χ0) is 18.4. The third-order valence-corrected chi connectivity index (χ3v) is 5.71. The maximum absolute atomic E-state index is 13.1. The topological polar surface area (TPSA) is 71.0 Å². The Balaban J connectivity index is 1.39. The largest absolute Gasteiger partial charge is 0.361 e. The number of aromatic nitrogens is 3. The number of benzene rings is 1. The van der Waals surface area contributed by atoms with Gasteiger partial charge in [0.25, 0.3) is 11.5 Å². The smallest absolute Gasteiger partial charge is 0.266 e. The van der Waals surface area contributed by atoms with Crippen LogP contribution in [0, 0.1) is 0 Å². The van der Waals surface area contributed by atoms with Crippen LogP contribution >= 0.6 is 0 Å². The molecular formula is C21H22N4O2. The molecule has 3 aromatic rings. The fraction of sp³-hybridized carbons (Fsp3) is 0.381. The van der Waals surface area contributed by atoms with Gasteiger partial charge in [0.15, 0.2) is 0 Å². The first-order valence-electron chi connectivity index (χ1n) is 9.65. The first kappa shape index (κ1) is 16.3. The molecule has 5 rings (SSSR count). The molecule has 2 aromatic heterocycles. The monoisotopic (exact) mass is 362 g/mol. The van der Waals surface area contributed by atoms with Gasteiger partial charge in [-0.05, 0) is 55.3 Å². The Labute approximate surface area is 156 Å². The minimum absolute atomic E-state index is 0.0106. The van der Waals surface area contributed by atoms with Crippen molar-refractivity contribution in [2.45, 2.75) is 44.2 Å². The van der Waals surface area contributed by atoms with Crippen LogP contribution in [-0.2, 0) is 6.54 Å². The lowest BCUT2D eigenvalue weighted by atomic mass is 10.1. The summed E-state index contributed by atoms with van der Waals surface area (Å²) >= 11 is 0. The number of nitrogens with one attached hydrogen (secondary N) is 1. The Hall–Kier alpha value is -2.89. The number of hydrogen-bond donors (Lipinski definition) is 1. The zero-order valence-electron chi connectivity index (χ0n) is 15.1. The van der Waals surface area contributed by atoms with E-state index in [2.05, 4.69) is 10.1 Å². The van der Waals surface area contributed by atoms with Gasteiger partial charge in [0.05, 0.1) is 18.3 Å². The lowest BCUT2D eigenvalue weighted by Crippen LogP contribution is -2.40. The highest BCUT2D eigenvalue weighted by molar-refractivity contribution is 5.98. The zero-order valence-corrected chi connectivity index (χ0v) is 15.1. The van der Waals surface area contributed by atoms with Crippen LogP contribution in [-0.4, -0.2) is 38.2 Å². The van der Waals surface area contributed by atoms with Crippen LogP contribution in [0.2, 0.25) is 0 Å². The summed E-state index contributed by atoms with van der Waals surface area (Å²) in [4.78, 5) is 30.4. The van der Waals surface area contributed by atoms with Crippen LogP contribution in [0.3, 0.4) is 0 Å². The first-order valence-corrected chi connectivity index (χ1v) is 9.65. The molecular weight excluding hydrogens is 340 g/mol. The van der Waals surface area contributed by atoms with Crippen molar-refractivity contribution in [3.05, 3.63) is 64.2 Å². The van der Waals surface area contributed by atoms with Gasteiger partial charge in [-0.3, -0.25) is 9.59 Å². The van der Waals surface area contributed by atoms with Crippen LogP contribution < -0.4 is 5.56 Å². The van der Waals surface area contributed by atoms with Crippen molar-refractivity contribution in [3.8, 4) is 0 Å². The molecule has 1 N–H and O–H groups in total. The standard InChI is InChI=1S/C21H22N4O2/c26-20-8-7-18(14-3-4-14)23-25(20)13-17-2-1-11-24(17)21(27)16-6-5-15-9-10-22-19(15)12-16/h5-10,12,14,17,22H,1-4,11,13H2. The van der Waals surface area contributed by atoms with Crippen molar-refractivity contribution in [2.24, 2.45) is 0 Å². The minimum atomic E-state index is -0.0912. The Morgan fingerprint density at radius 2 is 2.04 bits per heavy atom. The first-order chi connectivity index (χ1) is 13.2. The summed E-state index contributed by atoms with van der Waals surface area (Å²) in [6.45, 7) is 1.19. The summed E-state index contributed by atoms with van der Waals surface area (Å²) in [5.74, 6) is 0.533. The third-order valence-electron chi connectivity index (χ3n) is 5.71. The molecule has 0 spiro atoms. The third kappa shape index (κ3) is 3.05. The predicted octanol–water partition coefficient (Wildman–Crippen LogP) is 2.91. The minimum Gasteiger partial charge on any atom is -0.361 e. The number of hydrogen-bond acceptors (Lipinski definition) is 3. The lowest BCUT2D eigenvalue weighted by Gasteiger charge is -2.25. The quantitative estimate of drug-likeness (QED) is 0.776. The molecule has 1 aliphatic carbocycles. The van der Waals surface area contributed by atoms with Gasteiger partial charge in [-0.1, -0.05) is 6.07 Å². The number of rotatable bonds is 4. The number of amides is 1.